The number of hydrogen-bond donors (Lipinski definition) is 1. The summed E-state index contributed by atoms with van der Waals surface area (Å²) in [5.41, 5.74) is 2.64. The second-order valence-corrected chi connectivity index (χ2v) is 3.53. The molecule has 2 aromatic rings. The zero-order chi connectivity index (χ0) is 11.4. The van der Waals surface area contributed by atoms with Crippen LogP contribution in [0, 0.1) is 6.92 Å². The Kier molecular flexibility index (Phi) is 2.96. The quantitative estimate of drug-likeness (QED) is 0.778. The van der Waals surface area contributed by atoms with Crippen molar-refractivity contribution in [3.05, 3.63) is 59.7 Å². The van der Waals surface area contributed by atoms with Crippen LogP contribution in [-0.4, -0.2) is 15.1 Å². The van der Waals surface area contributed by atoms with E-state index in [1.807, 2.05) is 31.2 Å². The van der Waals surface area contributed by atoms with Crippen molar-refractivity contribution in [3.8, 4) is 0 Å². The molecule has 16 heavy (non-hydrogen) atoms. The smallest absolute Gasteiger partial charge is 0.124 e. The van der Waals surface area contributed by atoms with Gasteiger partial charge in [-0.1, -0.05) is 29.8 Å². The van der Waals surface area contributed by atoms with Gasteiger partial charge in [0.15, 0.2) is 0 Å². The number of benzene rings is 1. The van der Waals surface area contributed by atoms with Crippen molar-refractivity contribution in [2.75, 3.05) is 0 Å². The Balaban J connectivity index is 2.28. The average Bonchev–Trinajstić information content (AvgIpc) is 2.31. The van der Waals surface area contributed by atoms with E-state index in [-0.39, 0.29) is 5.76 Å². The molecule has 0 atom stereocenters. The topological polar surface area (TPSA) is 46.0 Å². The van der Waals surface area contributed by atoms with E-state index in [2.05, 4.69) is 9.97 Å². The summed E-state index contributed by atoms with van der Waals surface area (Å²) in [5.74, 6) is 0.207. The molecule has 1 aromatic heterocycles. The van der Waals surface area contributed by atoms with Gasteiger partial charge in [0.25, 0.3) is 0 Å². The van der Waals surface area contributed by atoms with E-state index in [0.29, 0.717) is 5.69 Å². The highest BCUT2D eigenvalue weighted by Crippen LogP contribution is 2.14. The molecule has 0 spiro atoms. The molecular weight excluding hydrogens is 200 g/mol. The van der Waals surface area contributed by atoms with Crippen LogP contribution in [0.4, 0.5) is 0 Å². The molecule has 3 heteroatoms. The number of rotatable bonds is 2. The van der Waals surface area contributed by atoms with Crippen molar-refractivity contribution in [2.45, 2.75) is 6.92 Å². The highest BCUT2D eigenvalue weighted by Gasteiger charge is 1.98. The lowest BCUT2D eigenvalue weighted by Crippen LogP contribution is -1.86. The SMILES string of the molecule is Cc1ccc(/C(O)=C\c2ccncn2)cc1. The zero-order valence-electron chi connectivity index (χ0n) is 8.96. The molecule has 0 aliphatic rings. The summed E-state index contributed by atoms with van der Waals surface area (Å²) in [6.45, 7) is 2.01. The zero-order valence-corrected chi connectivity index (χ0v) is 8.96. The van der Waals surface area contributed by atoms with Crippen molar-refractivity contribution in [2.24, 2.45) is 0 Å². The van der Waals surface area contributed by atoms with E-state index in [0.717, 1.165) is 5.56 Å². The van der Waals surface area contributed by atoms with Crippen molar-refractivity contribution in [3.63, 3.8) is 0 Å². The summed E-state index contributed by atoms with van der Waals surface area (Å²) in [6.07, 6.45) is 4.71. The third-order valence-corrected chi connectivity index (χ3v) is 2.24. The van der Waals surface area contributed by atoms with Crippen LogP contribution in [0.3, 0.4) is 0 Å². The molecule has 0 unspecified atom stereocenters. The fraction of sp³-hybridized carbons (Fsp3) is 0.0769. The molecular formula is C13H12N2O. The maximum absolute atomic E-state index is 9.87. The standard InChI is InChI=1S/C13H12N2O/c1-10-2-4-11(5-3-10)13(16)8-12-6-7-14-9-15-12/h2-9,16H,1H3/b13-8+. The summed E-state index contributed by atoms with van der Waals surface area (Å²) in [4.78, 5) is 7.83. The first kappa shape index (κ1) is 10.4. The second-order valence-electron chi connectivity index (χ2n) is 3.53. The summed E-state index contributed by atoms with van der Waals surface area (Å²) < 4.78 is 0. The van der Waals surface area contributed by atoms with Gasteiger partial charge in [-0.2, -0.15) is 0 Å². The first-order valence-corrected chi connectivity index (χ1v) is 4.99. The number of aromatic nitrogens is 2. The van der Waals surface area contributed by atoms with Crippen LogP contribution in [0.25, 0.3) is 11.8 Å². The largest absolute Gasteiger partial charge is 0.507 e. The minimum Gasteiger partial charge on any atom is -0.507 e. The van der Waals surface area contributed by atoms with Crippen LogP contribution < -0.4 is 0 Å². The fourth-order valence-corrected chi connectivity index (χ4v) is 1.33. The third kappa shape index (κ3) is 2.45. The van der Waals surface area contributed by atoms with E-state index in [4.69, 9.17) is 0 Å². The highest BCUT2D eigenvalue weighted by molar-refractivity contribution is 5.74. The van der Waals surface area contributed by atoms with E-state index in [9.17, 15) is 5.11 Å². The van der Waals surface area contributed by atoms with E-state index < -0.39 is 0 Å². The van der Waals surface area contributed by atoms with Gasteiger partial charge in [0.2, 0.25) is 0 Å². The Morgan fingerprint density at radius 2 is 1.94 bits per heavy atom. The lowest BCUT2D eigenvalue weighted by atomic mass is 10.1. The molecule has 0 aliphatic heterocycles. The van der Waals surface area contributed by atoms with Gasteiger partial charge in [-0.05, 0) is 13.0 Å². The Bertz CT molecular complexity index is 489. The van der Waals surface area contributed by atoms with Gasteiger partial charge in [-0.25, -0.2) is 9.97 Å². The summed E-state index contributed by atoms with van der Waals surface area (Å²) in [7, 11) is 0. The molecule has 0 aliphatic carbocycles. The predicted octanol–water partition coefficient (Wildman–Crippen LogP) is 2.84. The highest BCUT2D eigenvalue weighted by atomic mass is 16.3. The molecule has 1 aromatic carbocycles. The predicted molar refractivity (Wildman–Crippen MR) is 63.7 cm³/mol. The van der Waals surface area contributed by atoms with Gasteiger partial charge >= 0.3 is 0 Å². The minimum absolute atomic E-state index is 0.207. The van der Waals surface area contributed by atoms with E-state index in [1.165, 1.54) is 11.9 Å². The van der Waals surface area contributed by atoms with Crippen LogP contribution in [0.15, 0.2) is 42.9 Å². The Morgan fingerprint density at radius 3 is 2.56 bits per heavy atom. The van der Waals surface area contributed by atoms with Gasteiger partial charge in [0, 0.05) is 17.8 Å². The first-order chi connectivity index (χ1) is 7.75. The molecule has 2 rings (SSSR count). The van der Waals surface area contributed by atoms with Crippen LogP contribution in [0.1, 0.15) is 16.8 Å². The van der Waals surface area contributed by atoms with Crippen molar-refractivity contribution in [1.82, 2.24) is 9.97 Å². The van der Waals surface area contributed by atoms with Crippen molar-refractivity contribution in [1.29, 1.82) is 0 Å². The van der Waals surface area contributed by atoms with Crippen molar-refractivity contribution >= 4 is 11.8 Å². The lowest BCUT2D eigenvalue weighted by Gasteiger charge is -2.00. The molecule has 0 bridgehead atoms. The maximum atomic E-state index is 9.87. The Labute approximate surface area is 94.1 Å². The van der Waals surface area contributed by atoms with E-state index in [1.54, 1.807) is 18.3 Å². The van der Waals surface area contributed by atoms with Gasteiger partial charge in [0.1, 0.15) is 12.1 Å². The number of hydrogen-bond acceptors (Lipinski definition) is 3. The van der Waals surface area contributed by atoms with Gasteiger partial charge in [-0.3, -0.25) is 0 Å². The fourth-order valence-electron chi connectivity index (χ4n) is 1.33. The van der Waals surface area contributed by atoms with Crippen LogP contribution >= 0.6 is 0 Å². The number of aliphatic hydroxyl groups excluding tert-OH is 1. The lowest BCUT2D eigenvalue weighted by molar-refractivity contribution is 0.515. The molecule has 1 heterocycles. The van der Waals surface area contributed by atoms with Crippen LogP contribution in [0.5, 0.6) is 0 Å². The third-order valence-electron chi connectivity index (χ3n) is 2.24. The Morgan fingerprint density at radius 1 is 1.19 bits per heavy atom. The number of aryl methyl sites for hydroxylation is 1. The molecule has 0 fully saturated rings. The first-order valence-electron chi connectivity index (χ1n) is 4.99. The number of aliphatic hydroxyl groups is 1. The van der Waals surface area contributed by atoms with Gasteiger partial charge in [0.05, 0.1) is 5.69 Å². The minimum atomic E-state index is 0.207. The summed E-state index contributed by atoms with van der Waals surface area (Å²) in [6, 6.07) is 9.41. The van der Waals surface area contributed by atoms with Crippen LogP contribution in [-0.2, 0) is 0 Å². The normalized spacial score (nSPS) is 11.4. The van der Waals surface area contributed by atoms with Gasteiger partial charge < -0.3 is 5.11 Å². The molecule has 1 N–H and O–H groups in total. The molecule has 80 valence electrons. The average molecular weight is 212 g/mol. The molecule has 3 nitrogen and oxygen atoms in total. The van der Waals surface area contributed by atoms with E-state index >= 15 is 0 Å². The molecule has 0 saturated carbocycles. The second kappa shape index (κ2) is 4.57. The maximum Gasteiger partial charge on any atom is 0.124 e. The molecule has 0 saturated heterocycles. The number of nitrogens with zero attached hydrogens (tertiary/aromatic N) is 2. The monoisotopic (exact) mass is 212 g/mol. The molecule has 0 radical (unpaired) electrons. The Hall–Kier alpha value is -2.16. The summed E-state index contributed by atoms with van der Waals surface area (Å²) >= 11 is 0. The summed E-state index contributed by atoms with van der Waals surface area (Å²) in [5, 5.41) is 9.87. The molecule has 0 amide bonds. The van der Waals surface area contributed by atoms with Gasteiger partial charge in [-0.15, -0.1) is 0 Å². The van der Waals surface area contributed by atoms with Crippen LogP contribution in [0.2, 0.25) is 0 Å². The van der Waals surface area contributed by atoms with Crippen molar-refractivity contribution < 1.29 is 5.11 Å².